The fraction of sp³-hybridized carbons (Fsp3) is 0.423. The van der Waals surface area contributed by atoms with Gasteiger partial charge >= 0.3 is 0 Å². The van der Waals surface area contributed by atoms with Crippen molar-refractivity contribution in [2.24, 2.45) is 0 Å². The first kappa shape index (κ1) is 25.2. The second-order valence-electron chi connectivity index (χ2n) is 8.65. The van der Waals surface area contributed by atoms with Crippen LogP contribution < -0.4 is 5.32 Å². The Labute approximate surface area is 201 Å². The number of nitrogens with one attached hydrogen (secondary N) is 1. The monoisotopic (exact) mass is 463 g/mol. The van der Waals surface area contributed by atoms with E-state index in [4.69, 9.17) is 4.74 Å². The highest BCUT2D eigenvalue weighted by molar-refractivity contribution is 6.02. The van der Waals surface area contributed by atoms with E-state index in [1.165, 1.54) is 0 Å². The molecule has 1 aliphatic heterocycles. The van der Waals surface area contributed by atoms with Crippen LogP contribution in [0.15, 0.2) is 42.0 Å². The Morgan fingerprint density at radius 1 is 1.18 bits per heavy atom. The number of aromatic nitrogens is 1. The van der Waals surface area contributed by atoms with Gasteiger partial charge in [-0.2, -0.15) is 5.26 Å². The summed E-state index contributed by atoms with van der Waals surface area (Å²) in [7, 11) is 1.67. The van der Waals surface area contributed by atoms with E-state index in [0.717, 1.165) is 22.6 Å². The first-order valence-electron chi connectivity index (χ1n) is 11.5. The highest BCUT2D eigenvalue weighted by Gasteiger charge is 2.25. The summed E-state index contributed by atoms with van der Waals surface area (Å²) in [5.74, 6) is -0.354. The highest BCUT2D eigenvalue weighted by atomic mass is 16.5. The van der Waals surface area contributed by atoms with Gasteiger partial charge in [-0.25, -0.2) is 0 Å². The number of amides is 2. The normalized spacial score (nSPS) is 15.6. The van der Waals surface area contributed by atoms with Gasteiger partial charge in [-0.3, -0.25) is 14.5 Å². The molecule has 1 aromatic heterocycles. The maximum absolute atomic E-state index is 13.1. The summed E-state index contributed by atoms with van der Waals surface area (Å²) in [6, 6.07) is 13.6. The molecule has 0 saturated carbocycles. The van der Waals surface area contributed by atoms with Crippen molar-refractivity contribution in [3.8, 4) is 6.07 Å². The predicted molar refractivity (Wildman–Crippen MR) is 132 cm³/mol. The first-order chi connectivity index (χ1) is 16.3. The Balaban J connectivity index is 1.60. The van der Waals surface area contributed by atoms with Crippen LogP contribution in [0.3, 0.4) is 0 Å². The second-order valence-corrected chi connectivity index (χ2v) is 8.65. The molecule has 2 amide bonds. The van der Waals surface area contributed by atoms with E-state index in [0.29, 0.717) is 32.8 Å². The number of methoxy groups -OCH3 is 1. The smallest absolute Gasteiger partial charge is 0.264 e. The molecule has 2 aromatic rings. The maximum atomic E-state index is 13.1. The largest absolute Gasteiger partial charge is 0.383 e. The van der Waals surface area contributed by atoms with Crippen LogP contribution in [-0.4, -0.2) is 72.6 Å². The van der Waals surface area contributed by atoms with Gasteiger partial charge in [0.05, 0.1) is 19.2 Å². The average Bonchev–Trinajstić information content (AvgIpc) is 3.10. The Bertz CT molecular complexity index is 1080. The lowest BCUT2D eigenvalue weighted by Crippen LogP contribution is -2.50. The van der Waals surface area contributed by atoms with Gasteiger partial charge in [0.25, 0.3) is 5.91 Å². The number of aryl methyl sites for hydroxylation is 1. The predicted octanol–water partition coefficient (Wildman–Crippen LogP) is 3.00. The Morgan fingerprint density at radius 3 is 2.47 bits per heavy atom. The molecule has 0 radical (unpaired) electrons. The maximum Gasteiger partial charge on any atom is 0.264 e. The lowest BCUT2D eigenvalue weighted by molar-refractivity contribution is -0.128. The fourth-order valence-electron chi connectivity index (χ4n) is 4.44. The van der Waals surface area contributed by atoms with Crippen molar-refractivity contribution >= 4 is 23.6 Å². The summed E-state index contributed by atoms with van der Waals surface area (Å²) in [5.41, 5.74) is 3.80. The number of hydrogen-bond donors (Lipinski definition) is 1. The summed E-state index contributed by atoms with van der Waals surface area (Å²) in [6.07, 6.45) is 1.68. The Morgan fingerprint density at radius 2 is 1.85 bits per heavy atom. The molecule has 1 aliphatic rings. The molecule has 8 heteroatoms. The lowest BCUT2D eigenvalue weighted by atomic mass is 10.1. The molecule has 1 fully saturated rings. The molecule has 1 aromatic carbocycles. The molecule has 3 rings (SSSR count). The van der Waals surface area contributed by atoms with Crippen LogP contribution in [0, 0.1) is 25.2 Å². The van der Waals surface area contributed by atoms with Gasteiger partial charge in [-0.1, -0.05) is 18.2 Å². The van der Waals surface area contributed by atoms with Crippen LogP contribution >= 0.6 is 0 Å². The van der Waals surface area contributed by atoms with Gasteiger partial charge in [0.1, 0.15) is 11.6 Å². The number of ether oxygens (including phenoxy) is 1. The van der Waals surface area contributed by atoms with Crippen LogP contribution in [0.5, 0.6) is 0 Å². The van der Waals surface area contributed by atoms with Crippen molar-refractivity contribution in [3.63, 3.8) is 0 Å². The number of anilines is 1. The summed E-state index contributed by atoms with van der Waals surface area (Å²) in [5, 5.41) is 12.6. The molecule has 180 valence electrons. The summed E-state index contributed by atoms with van der Waals surface area (Å²) < 4.78 is 7.44. The molecule has 0 spiro atoms. The van der Waals surface area contributed by atoms with Crippen molar-refractivity contribution in [1.82, 2.24) is 14.4 Å². The van der Waals surface area contributed by atoms with E-state index in [-0.39, 0.29) is 30.0 Å². The standard InChI is InChI=1S/C26H33N5O3/c1-19-14-22(21(3)31(19)20(2)18-34-4)15-23(16-27)26(33)30-12-10-29(11-13-30)17-25(32)28-24-8-6-5-7-9-24/h5-9,14-15,20H,10-13,17-18H2,1-4H3,(H,28,32)/b23-15+. The van der Waals surface area contributed by atoms with Gasteiger partial charge in [0.15, 0.2) is 0 Å². The molecule has 8 nitrogen and oxygen atoms in total. The van der Waals surface area contributed by atoms with Gasteiger partial charge in [-0.05, 0) is 50.6 Å². The van der Waals surface area contributed by atoms with Crippen LogP contribution in [0.1, 0.15) is 29.9 Å². The molecule has 1 unspecified atom stereocenters. The number of carbonyl (C=O) groups excluding carboxylic acids is 2. The summed E-state index contributed by atoms with van der Waals surface area (Å²) in [6.45, 7) is 9.03. The minimum absolute atomic E-state index is 0.0818. The zero-order valence-electron chi connectivity index (χ0n) is 20.4. The summed E-state index contributed by atoms with van der Waals surface area (Å²) >= 11 is 0. The topological polar surface area (TPSA) is 90.6 Å². The van der Waals surface area contributed by atoms with Crippen molar-refractivity contribution < 1.29 is 14.3 Å². The Hall–Kier alpha value is -3.41. The molecule has 1 atom stereocenters. The number of nitrogens with zero attached hydrogens (tertiary/aromatic N) is 4. The van der Waals surface area contributed by atoms with Crippen molar-refractivity contribution in [1.29, 1.82) is 5.26 Å². The molecule has 2 heterocycles. The number of piperazine rings is 1. The van der Waals surface area contributed by atoms with E-state index in [1.807, 2.05) is 55.1 Å². The third-order valence-electron chi connectivity index (χ3n) is 6.11. The molecule has 34 heavy (non-hydrogen) atoms. The van der Waals surface area contributed by atoms with Gasteiger partial charge in [0.2, 0.25) is 5.91 Å². The number of rotatable bonds is 8. The summed E-state index contributed by atoms with van der Waals surface area (Å²) in [4.78, 5) is 29.1. The minimum Gasteiger partial charge on any atom is -0.383 e. The molecule has 1 N–H and O–H groups in total. The van der Waals surface area contributed by atoms with Crippen LogP contribution in [-0.2, 0) is 14.3 Å². The van der Waals surface area contributed by atoms with E-state index in [1.54, 1.807) is 18.1 Å². The third kappa shape index (κ3) is 6.13. The fourth-order valence-corrected chi connectivity index (χ4v) is 4.44. The molecule has 1 saturated heterocycles. The van der Waals surface area contributed by atoms with E-state index in [9.17, 15) is 14.9 Å². The second kappa shape index (κ2) is 11.6. The van der Waals surface area contributed by atoms with Crippen LogP contribution in [0.2, 0.25) is 0 Å². The number of carbonyl (C=O) groups is 2. The SMILES string of the molecule is COCC(C)n1c(C)cc(/C=C(\C#N)C(=O)N2CCN(CC(=O)Nc3ccccc3)CC2)c1C. The zero-order chi connectivity index (χ0) is 24.7. The Kier molecular flexibility index (Phi) is 8.63. The third-order valence-corrected chi connectivity index (χ3v) is 6.11. The molecule has 0 bridgehead atoms. The minimum atomic E-state index is -0.273. The average molecular weight is 464 g/mol. The zero-order valence-corrected chi connectivity index (χ0v) is 20.4. The van der Waals surface area contributed by atoms with Crippen molar-refractivity contribution in [3.05, 3.63) is 58.9 Å². The van der Waals surface area contributed by atoms with E-state index < -0.39 is 0 Å². The molecular formula is C26H33N5O3. The van der Waals surface area contributed by atoms with Crippen LogP contribution in [0.25, 0.3) is 6.08 Å². The van der Waals surface area contributed by atoms with E-state index >= 15 is 0 Å². The number of hydrogen-bond acceptors (Lipinski definition) is 5. The highest BCUT2D eigenvalue weighted by Crippen LogP contribution is 2.23. The molecule has 0 aliphatic carbocycles. The lowest BCUT2D eigenvalue weighted by Gasteiger charge is -2.34. The number of nitriles is 1. The van der Waals surface area contributed by atoms with Gasteiger partial charge < -0.3 is 19.5 Å². The first-order valence-corrected chi connectivity index (χ1v) is 11.5. The van der Waals surface area contributed by atoms with Crippen LogP contribution in [0.4, 0.5) is 5.69 Å². The molecular weight excluding hydrogens is 430 g/mol. The quantitative estimate of drug-likeness (QED) is 0.480. The van der Waals surface area contributed by atoms with Crippen molar-refractivity contribution in [2.75, 3.05) is 51.8 Å². The number of benzene rings is 1. The van der Waals surface area contributed by atoms with Crippen molar-refractivity contribution in [2.45, 2.75) is 26.8 Å². The number of para-hydroxylation sites is 1. The van der Waals surface area contributed by atoms with Gasteiger partial charge in [-0.15, -0.1) is 0 Å². The van der Waals surface area contributed by atoms with E-state index in [2.05, 4.69) is 22.9 Å². The van der Waals surface area contributed by atoms with Gasteiger partial charge in [0, 0.05) is 50.4 Å².